The van der Waals surface area contributed by atoms with E-state index in [4.69, 9.17) is 4.42 Å². The minimum absolute atomic E-state index is 0.0373. The van der Waals surface area contributed by atoms with Crippen LogP contribution in [0.4, 0.5) is 4.39 Å². The highest BCUT2D eigenvalue weighted by Crippen LogP contribution is 2.22. The molecule has 5 nitrogen and oxygen atoms in total. The van der Waals surface area contributed by atoms with Gasteiger partial charge < -0.3 is 4.42 Å². The van der Waals surface area contributed by atoms with Crippen LogP contribution in [0, 0.1) is 12.7 Å². The molecule has 142 valence electrons. The molecule has 0 atom stereocenters. The molecule has 2 aromatic carbocycles. The van der Waals surface area contributed by atoms with Gasteiger partial charge in [-0.05, 0) is 43.2 Å². The van der Waals surface area contributed by atoms with Gasteiger partial charge in [0.1, 0.15) is 11.6 Å². The smallest absolute Gasteiger partial charge is 0.226 e. The van der Waals surface area contributed by atoms with Crippen molar-refractivity contribution in [3.05, 3.63) is 77.4 Å². The number of halogens is 1. The van der Waals surface area contributed by atoms with Gasteiger partial charge in [-0.2, -0.15) is 0 Å². The number of aryl methyl sites for hydroxylation is 2. The molecule has 0 unspecified atom stereocenters. The Balaban J connectivity index is 1.54. The molecular formula is C20H21FN2O3S. The van der Waals surface area contributed by atoms with Gasteiger partial charge in [-0.25, -0.2) is 22.5 Å². The maximum atomic E-state index is 13.0. The molecule has 1 aromatic heterocycles. The van der Waals surface area contributed by atoms with E-state index >= 15 is 0 Å². The van der Waals surface area contributed by atoms with Gasteiger partial charge in [-0.1, -0.05) is 30.3 Å². The standard InChI is InChI=1S/C20H21FN2O3S/c1-15-19(23-20(26-15)17-7-9-18(21)10-8-17)11-13-22-27(24,25)14-12-16-5-3-2-4-6-16/h2-10,22H,11-14H2,1H3. The summed E-state index contributed by atoms with van der Waals surface area (Å²) in [4.78, 5) is 4.40. The maximum absolute atomic E-state index is 13.0. The van der Waals surface area contributed by atoms with Crippen molar-refractivity contribution in [2.75, 3.05) is 12.3 Å². The van der Waals surface area contributed by atoms with Gasteiger partial charge in [0.15, 0.2) is 0 Å². The predicted molar refractivity (Wildman–Crippen MR) is 102 cm³/mol. The zero-order valence-corrected chi connectivity index (χ0v) is 15.8. The minimum Gasteiger partial charge on any atom is -0.441 e. The summed E-state index contributed by atoms with van der Waals surface area (Å²) >= 11 is 0. The van der Waals surface area contributed by atoms with Gasteiger partial charge in [-0.15, -0.1) is 0 Å². The van der Waals surface area contributed by atoms with Gasteiger partial charge >= 0.3 is 0 Å². The fourth-order valence-electron chi connectivity index (χ4n) is 2.67. The summed E-state index contributed by atoms with van der Waals surface area (Å²) in [7, 11) is -3.36. The molecule has 0 bridgehead atoms. The lowest BCUT2D eigenvalue weighted by molar-refractivity contribution is 0.538. The number of hydrogen-bond acceptors (Lipinski definition) is 4. The molecule has 3 aromatic rings. The molecule has 0 aliphatic heterocycles. The number of benzene rings is 2. The van der Waals surface area contributed by atoms with E-state index in [0.717, 1.165) is 5.56 Å². The Morgan fingerprint density at radius 3 is 2.44 bits per heavy atom. The number of aromatic nitrogens is 1. The summed E-state index contributed by atoms with van der Waals surface area (Å²) in [6.07, 6.45) is 0.884. The summed E-state index contributed by atoms with van der Waals surface area (Å²) in [5.74, 6) is 0.731. The first-order valence-corrected chi connectivity index (χ1v) is 10.3. The number of sulfonamides is 1. The number of hydrogen-bond donors (Lipinski definition) is 1. The van der Waals surface area contributed by atoms with Crippen molar-refractivity contribution in [3.8, 4) is 11.5 Å². The fourth-order valence-corrected chi connectivity index (χ4v) is 3.73. The highest BCUT2D eigenvalue weighted by atomic mass is 32.2. The SMILES string of the molecule is Cc1oc(-c2ccc(F)cc2)nc1CCNS(=O)(=O)CCc1ccccc1. The molecule has 0 aliphatic carbocycles. The second kappa shape index (κ2) is 8.45. The molecule has 0 saturated heterocycles. The second-order valence-corrected chi connectivity index (χ2v) is 8.15. The Kier molecular flexibility index (Phi) is 6.03. The summed E-state index contributed by atoms with van der Waals surface area (Å²) < 4.78 is 45.5. The summed E-state index contributed by atoms with van der Waals surface area (Å²) in [5, 5.41) is 0. The molecule has 27 heavy (non-hydrogen) atoms. The molecule has 1 N–H and O–H groups in total. The maximum Gasteiger partial charge on any atom is 0.226 e. The first-order valence-electron chi connectivity index (χ1n) is 8.66. The van der Waals surface area contributed by atoms with Crippen LogP contribution in [-0.2, 0) is 22.9 Å². The number of nitrogens with one attached hydrogen (secondary N) is 1. The van der Waals surface area contributed by atoms with Crippen molar-refractivity contribution in [1.29, 1.82) is 0 Å². The Morgan fingerprint density at radius 2 is 1.74 bits per heavy atom. The lowest BCUT2D eigenvalue weighted by atomic mass is 10.2. The lowest BCUT2D eigenvalue weighted by Gasteiger charge is -2.06. The zero-order valence-electron chi connectivity index (χ0n) is 15.0. The van der Waals surface area contributed by atoms with E-state index in [0.29, 0.717) is 35.7 Å². The van der Waals surface area contributed by atoms with E-state index in [1.165, 1.54) is 12.1 Å². The lowest BCUT2D eigenvalue weighted by Crippen LogP contribution is -2.29. The average molecular weight is 388 g/mol. The third kappa shape index (κ3) is 5.48. The average Bonchev–Trinajstić information content (AvgIpc) is 3.02. The number of oxazole rings is 1. The van der Waals surface area contributed by atoms with E-state index in [-0.39, 0.29) is 18.1 Å². The van der Waals surface area contributed by atoms with Gasteiger partial charge in [0.05, 0.1) is 11.4 Å². The van der Waals surface area contributed by atoms with Crippen molar-refractivity contribution in [3.63, 3.8) is 0 Å². The van der Waals surface area contributed by atoms with Crippen LogP contribution in [0.5, 0.6) is 0 Å². The monoisotopic (exact) mass is 388 g/mol. The van der Waals surface area contributed by atoms with Crippen molar-refractivity contribution in [2.45, 2.75) is 19.8 Å². The normalized spacial score (nSPS) is 11.6. The highest BCUT2D eigenvalue weighted by Gasteiger charge is 2.14. The third-order valence-corrected chi connectivity index (χ3v) is 5.56. The van der Waals surface area contributed by atoms with Gasteiger partial charge in [0.25, 0.3) is 0 Å². The molecule has 0 fully saturated rings. The quantitative estimate of drug-likeness (QED) is 0.641. The van der Waals surface area contributed by atoms with E-state index < -0.39 is 10.0 Å². The highest BCUT2D eigenvalue weighted by molar-refractivity contribution is 7.89. The van der Waals surface area contributed by atoms with E-state index in [1.54, 1.807) is 19.1 Å². The van der Waals surface area contributed by atoms with E-state index in [9.17, 15) is 12.8 Å². The first-order chi connectivity index (χ1) is 12.9. The van der Waals surface area contributed by atoms with Crippen LogP contribution in [0.25, 0.3) is 11.5 Å². The molecule has 1 heterocycles. The van der Waals surface area contributed by atoms with Crippen LogP contribution < -0.4 is 4.72 Å². The molecule has 0 aliphatic rings. The molecule has 0 spiro atoms. The largest absolute Gasteiger partial charge is 0.441 e. The number of nitrogens with zero attached hydrogens (tertiary/aromatic N) is 1. The topological polar surface area (TPSA) is 72.2 Å². The molecular weight excluding hydrogens is 367 g/mol. The second-order valence-electron chi connectivity index (χ2n) is 6.23. The molecule has 0 radical (unpaired) electrons. The third-order valence-electron chi connectivity index (χ3n) is 4.17. The first kappa shape index (κ1) is 19.3. The van der Waals surface area contributed by atoms with Crippen LogP contribution in [0.15, 0.2) is 59.0 Å². The summed E-state index contributed by atoms with van der Waals surface area (Å²) in [6, 6.07) is 15.4. The van der Waals surface area contributed by atoms with Gasteiger partial charge in [0, 0.05) is 18.5 Å². The number of rotatable bonds is 8. The van der Waals surface area contributed by atoms with Crippen LogP contribution >= 0.6 is 0 Å². The molecule has 0 saturated carbocycles. The van der Waals surface area contributed by atoms with E-state index in [2.05, 4.69) is 9.71 Å². The Labute approximate surface area is 158 Å². The predicted octanol–water partition coefficient (Wildman–Crippen LogP) is 3.49. The molecule has 3 rings (SSSR count). The van der Waals surface area contributed by atoms with Crippen molar-refractivity contribution in [1.82, 2.24) is 9.71 Å². The molecule has 0 amide bonds. The Hall–Kier alpha value is -2.51. The summed E-state index contributed by atoms with van der Waals surface area (Å²) in [5.41, 5.74) is 2.34. The van der Waals surface area contributed by atoms with Crippen molar-refractivity contribution in [2.24, 2.45) is 0 Å². The van der Waals surface area contributed by atoms with Gasteiger partial charge in [-0.3, -0.25) is 0 Å². The Morgan fingerprint density at radius 1 is 1.04 bits per heavy atom. The van der Waals surface area contributed by atoms with Gasteiger partial charge in [0.2, 0.25) is 15.9 Å². The van der Waals surface area contributed by atoms with Crippen LogP contribution in [-0.4, -0.2) is 25.7 Å². The van der Waals surface area contributed by atoms with Crippen molar-refractivity contribution >= 4 is 10.0 Å². The Bertz CT molecular complexity index is 984. The van der Waals surface area contributed by atoms with Crippen molar-refractivity contribution < 1.29 is 17.2 Å². The van der Waals surface area contributed by atoms with Crippen LogP contribution in [0.3, 0.4) is 0 Å². The summed E-state index contributed by atoms with van der Waals surface area (Å²) in [6.45, 7) is 2.02. The zero-order chi connectivity index (χ0) is 19.3. The minimum atomic E-state index is -3.36. The van der Waals surface area contributed by atoms with Crippen LogP contribution in [0.1, 0.15) is 17.0 Å². The van der Waals surface area contributed by atoms with E-state index in [1.807, 2.05) is 30.3 Å². The molecule has 7 heteroatoms. The van der Waals surface area contributed by atoms with Crippen LogP contribution in [0.2, 0.25) is 0 Å². The fraction of sp³-hybridized carbons (Fsp3) is 0.250.